The number of carboxylic acids is 1. The van der Waals surface area contributed by atoms with Crippen LogP contribution >= 0.6 is 0 Å². The highest BCUT2D eigenvalue weighted by Crippen LogP contribution is 2.61. The van der Waals surface area contributed by atoms with Crippen molar-refractivity contribution in [3.05, 3.63) is 12.7 Å². The summed E-state index contributed by atoms with van der Waals surface area (Å²) in [6.07, 6.45) is 10.5. The van der Waals surface area contributed by atoms with Gasteiger partial charge in [0.1, 0.15) is 0 Å². The number of hydrogen-bond acceptors (Lipinski definition) is 1. The van der Waals surface area contributed by atoms with Crippen LogP contribution in [0.25, 0.3) is 0 Å². The number of aliphatic carboxylic acids is 1. The van der Waals surface area contributed by atoms with Gasteiger partial charge in [0, 0.05) is 0 Å². The monoisotopic (exact) mass is 222 g/mol. The standard InChI is InChI=1S/C14H22O2/c1-2-3-4-5-6-7-14(13(15)16)9-11-8-12(11)10-14/h2,11-12H,1,3-10H2,(H,15,16). The van der Waals surface area contributed by atoms with Crippen LogP contribution in [0.1, 0.15) is 51.4 Å². The molecular formula is C14H22O2. The van der Waals surface area contributed by atoms with Gasteiger partial charge in [-0.15, -0.1) is 6.58 Å². The van der Waals surface area contributed by atoms with E-state index in [1.165, 1.54) is 6.42 Å². The fourth-order valence-corrected chi connectivity index (χ4v) is 3.31. The summed E-state index contributed by atoms with van der Waals surface area (Å²) in [6.45, 7) is 3.70. The maximum absolute atomic E-state index is 11.4. The molecule has 2 atom stereocenters. The quantitative estimate of drug-likeness (QED) is 0.527. The number of allylic oxidation sites excluding steroid dienone is 1. The first-order valence-electron chi connectivity index (χ1n) is 6.52. The van der Waals surface area contributed by atoms with E-state index in [-0.39, 0.29) is 5.41 Å². The summed E-state index contributed by atoms with van der Waals surface area (Å²) in [5.74, 6) is 0.969. The van der Waals surface area contributed by atoms with Crippen LogP contribution in [0.5, 0.6) is 0 Å². The van der Waals surface area contributed by atoms with Crippen LogP contribution < -0.4 is 0 Å². The Balaban J connectivity index is 1.76. The average Bonchev–Trinajstić information content (AvgIpc) is 2.86. The largest absolute Gasteiger partial charge is 0.481 e. The first kappa shape index (κ1) is 11.7. The van der Waals surface area contributed by atoms with Crippen molar-refractivity contribution in [2.24, 2.45) is 17.3 Å². The van der Waals surface area contributed by atoms with Crippen LogP contribution in [-0.4, -0.2) is 11.1 Å². The fourth-order valence-electron chi connectivity index (χ4n) is 3.31. The van der Waals surface area contributed by atoms with Gasteiger partial charge < -0.3 is 5.11 Å². The highest BCUT2D eigenvalue weighted by Gasteiger charge is 2.56. The molecule has 0 aromatic heterocycles. The average molecular weight is 222 g/mol. The van der Waals surface area contributed by atoms with E-state index < -0.39 is 5.97 Å². The summed E-state index contributed by atoms with van der Waals surface area (Å²) in [7, 11) is 0. The molecule has 2 heteroatoms. The molecule has 0 radical (unpaired) electrons. The zero-order valence-electron chi connectivity index (χ0n) is 9.95. The minimum atomic E-state index is -0.538. The molecule has 2 unspecified atom stereocenters. The second-order valence-electron chi connectivity index (χ2n) is 5.64. The highest BCUT2D eigenvalue weighted by molar-refractivity contribution is 5.75. The van der Waals surface area contributed by atoms with E-state index in [1.807, 2.05) is 6.08 Å². The summed E-state index contributed by atoms with van der Waals surface area (Å²) >= 11 is 0. The van der Waals surface area contributed by atoms with Gasteiger partial charge in [0.05, 0.1) is 5.41 Å². The molecule has 1 N–H and O–H groups in total. The van der Waals surface area contributed by atoms with Crippen molar-refractivity contribution in [3.63, 3.8) is 0 Å². The number of carboxylic acid groups (broad SMARTS) is 1. The smallest absolute Gasteiger partial charge is 0.309 e. The molecule has 2 aliphatic carbocycles. The molecule has 0 saturated heterocycles. The summed E-state index contributed by atoms with van der Waals surface area (Å²) < 4.78 is 0. The van der Waals surface area contributed by atoms with Crippen molar-refractivity contribution in [3.8, 4) is 0 Å². The number of hydrogen-bond donors (Lipinski definition) is 1. The van der Waals surface area contributed by atoms with E-state index >= 15 is 0 Å². The van der Waals surface area contributed by atoms with Gasteiger partial charge >= 0.3 is 5.97 Å². The van der Waals surface area contributed by atoms with Gasteiger partial charge in [0.15, 0.2) is 0 Å². The normalized spacial score (nSPS) is 35.8. The SMILES string of the molecule is C=CCCCCCC1(C(=O)O)CC2CC2C1. The third-order valence-electron chi connectivity index (χ3n) is 4.39. The Morgan fingerprint density at radius 3 is 2.56 bits per heavy atom. The molecule has 0 heterocycles. The lowest BCUT2D eigenvalue weighted by Gasteiger charge is -2.25. The number of unbranched alkanes of at least 4 members (excludes halogenated alkanes) is 3. The molecule has 0 amide bonds. The molecule has 2 rings (SSSR count). The van der Waals surface area contributed by atoms with E-state index in [1.54, 1.807) is 0 Å². The van der Waals surface area contributed by atoms with Crippen LogP contribution in [0.15, 0.2) is 12.7 Å². The molecule has 16 heavy (non-hydrogen) atoms. The Bertz CT molecular complexity index is 272. The lowest BCUT2D eigenvalue weighted by molar-refractivity contribution is -0.149. The molecule has 0 bridgehead atoms. The lowest BCUT2D eigenvalue weighted by Crippen LogP contribution is -2.29. The van der Waals surface area contributed by atoms with Crippen LogP contribution in [0, 0.1) is 17.3 Å². The Hall–Kier alpha value is -0.790. The molecule has 2 saturated carbocycles. The highest BCUT2D eigenvalue weighted by atomic mass is 16.4. The van der Waals surface area contributed by atoms with E-state index in [2.05, 4.69) is 6.58 Å². The number of carbonyl (C=O) groups is 1. The minimum Gasteiger partial charge on any atom is -0.481 e. The van der Waals surface area contributed by atoms with Crippen molar-refractivity contribution in [1.29, 1.82) is 0 Å². The minimum absolute atomic E-state index is 0.345. The van der Waals surface area contributed by atoms with Crippen molar-refractivity contribution < 1.29 is 9.90 Å². The van der Waals surface area contributed by atoms with Gasteiger partial charge in [0.25, 0.3) is 0 Å². The maximum Gasteiger partial charge on any atom is 0.309 e. The van der Waals surface area contributed by atoms with E-state index in [0.29, 0.717) is 0 Å². The predicted octanol–water partition coefficient (Wildman–Crippen LogP) is 3.62. The maximum atomic E-state index is 11.4. The summed E-state index contributed by atoms with van der Waals surface area (Å²) in [5, 5.41) is 9.39. The molecule has 0 aromatic carbocycles. The van der Waals surface area contributed by atoms with E-state index in [0.717, 1.165) is 56.8 Å². The van der Waals surface area contributed by atoms with E-state index in [9.17, 15) is 9.90 Å². The zero-order valence-corrected chi connectivity index (χ0v) is 9.95. The van der Waals surface area contributed by atoms with Gasteiger partial charge in [-0.2, -0.15) is 0 Å². The first-order chi connectivity index (χ1) is 7.68. The summed E-state index contributed by atoms with van der Waals surface area (Å²) in [6, 6.07) is 0. The van der Waals surface area contributed by atoms with Crippen LogP contribution in [0.2, 0.25) is 0 Å². The number of rotatable bonds is 7. The third kappa shape index (κ3) is 2.31. The third-order valence-corrected chi connectivity index (χ3v) is 4.39. The zero-order chi connectivity index (χ0) is 11.6. The second-order valence-corrected chi connectivity index (χ2v) is 5.64. The molecule has 0 aliphatic heterocycles. The van der Waals surface area contributed by atoms with Crippen molar-refractivity contribution in [2.75, 3.05) is 0 Å². The molecule has 0 aromatic rings. The van der Waals surface area contributed by atoms with Crippen molar-refractivity contribution in [1.82, 2.24) is 0 Å². The Labute approximate surface area is 97.7 Å². The Kier molecular flexibility index (Phi) is 3.36. The fraction of sp³-hybridized carbons (Fsp3) is 0.786. The molecule has 0 spiro atoms. The summed E-state index contributed by atoms with van der Waals surface area (Å²) in [5.41, 5.74) is -0.345. The van der Waals surface area contributed by atoms with E-state index in [4.69, 9.17) is 0 Å². The van der Waals surface area contributed by atoms with Gasteiger partial charge in [-0.1, -0.05) is 18.9 Å². The van der Waals surface area contributed by atoms with Crippen LogP contribution in [-0.2, 0) is 4.79 Å². The topological polar surface area (TPSA) is 37.3 Å². The number of fused-ring (bicyclic) bond motifs is 1. The molecule has 2 fully saturated rings. The van der Waals surface area contributed by atoms with Crippen molar-refractivity contribution >= 4 is 5.97 Å². The van der Waals surface area contributed by atoms with Crippen LogP contribution in [0.3, 0.4) is 0 Å². The Morgan fingerprint density at radius 2 is 2.00 bits per heavy atom. The van der Waals surface area contributed by atoms with Gasteiger partial charge in [0.2, 0.25) is 0 Å². The van der Waals surface area contributed by atoms with Crippen LogP contribution in [0.4, 0.5) is 0 Å². The van der Waals surface area contributed by atoms with Gasteiger partial charge in [-0.3, -0.25) is 4.79 Å². The predicted molar refractivity (Wildman–Crippen MR) is 64.2 cm³/mol. The Morgan fingerprint density at radius 1 is 1.31 bits per heavy atom. The second kappa shape index (κ2) is 4.60. The molecule has 90 valence electrons. The lowest BCUT2D eigenvalue weighted by atomic mass is 9.78. The molecule has 2 aliphatic rings. The van der Waals surface area contributed by atoms with Crippen molar-refractivity contribution in [2.45, 2.75) is 51.4 Å². The summed E-state index contributed by atoms with van der Waals surface area (Å²) in [4.78, 5) is 11.4. The van der Waals surface area contributed by atoms with Gasteiger partial charge in [-0.05, 0) is 50.4 Å². The molecule has 2 nitrogen and oxygen atoms in total. The van der Waals surface area contributed by atoms with Gasteiger partial charge in [-0.25, -0.2) is 0 Å². The first-order valence-corrected chi connectivity index (χ1v) is 6.52. The molecular weight excluding hydrogens is 200 g/mol.